The number of nitrogens with zero attached hydrogens (tertiary/aromatic N) is 3. The van der Waals surface area contributed by atoms with Crippen molar-refractivity contribution in [2.45, 2.75) is 26.7 Å². The number of piperazine rings is 1. The minimum absolute atomic E-state index is 0.922. The Bertz CT molecular complexity index is 290. The summed E-state index contributed by atoms with van der Waals surface area (Å²) >= 11 is 1.91. The molecule has 0 bridgehead atoms. The van der Waals surface area contributed by atoms with E-state index in [1.807, 2.05) is 11.8 Å². The van der Waals surface area contributed by atoms with Gasteiger partial charge in [-0.3, -0.25) is 9.89 Å². The Morgan fingerprint density at radius 3 is 2.41 bits per heavy atom. The van der Waals surface area contributed by atoms with Gasteiger partial charge in [0.05, 0.1) is 0 Å². The van der Waals surface area contributed by atoms with Crippen molar-refractivity contribution in [2.75, 3.05) is 70.9 Å². The number of hydrogen-bond acceptors (Lipinski definition) is 4. The van der Waals surface area contributed by atoms with E-state index in [0.717, 1.165) is 32.1 Å². The lowest BCUT2D eigenvalue weighted by molar-refractivity contribution is 0.139. The Hall–Kier alpha value is -0.460. The summed E-state index contributed by atoms with van der Waals surface area (Å²) < 4.78 is 0. The van der Waals surface area contributed by atoms with Crippen LogP contribution in [-0.4, -0.2) is 86.7 Å². The summed E-state index contributed by atoms with van der Waals surface area (Å²) in [6.07, 6.45) is 4.59. The van der Waals surface area contributed by atoms with Crippen LogP contribution >= 0.6 is 11.8 Å². The normalized spacial score (nSPS) is 17.7. The minimum atomic E-state index is 0.922. The van der Waals surface area contributed by atoms with E-state index >= 15 is 0 Å². The number of aliphatic imine (C=N–C) groups is 1. The number of guanidine groups is 1. The Labute approximate surface area is 141 Å². The molecule has 1 saturated heterocycles. The van der Waals surface area contributed by atoms with Crippen molar-refractivity contribution in [1.29, 1.82) is 0 Å². The quantitative estimate of drug-likeness (QED) is 0.359. The molecule has 0 unspecified atom stereocenters. The smallest absolute Gasteiger partial charge is 0.191 e. The molecule has 130 valence electrons. The fourth-order valence-electron chi connectivity index (χ4n) is 2.55. The Kier molecular flexibility index (Phi) is 11.6. The summed E-state index contributed by atoms with van der Waals surface area (Å²) in [4.78, 5) is 9.71. The number of rotatable bonds is 10. The van der Waals surface area contributed by atoms with Gasteiger partial charge in [-0.15, -0.1) is 0 Å². The predicted molar refractivity (Wildman–Crippen MR) is 100 cm³/mol. The molecular weight excluding hydrogens is 294 g/mol. The van der Waals surface area contributed by atoms with Gasteiger partial charge in [-0.25, -0.2) is 0 Å². The van der Waals surface area contributed by atoms with Crippen molar-refractivity contribution < 1.29 is 0 Å². The molecule has 0 aromatic carbocycles. The molecule has 22 heavy (non-hydrogen) atoms. The van der Waals surface area contributed by atoms with Crippen molar-refractivity contribution >= 4 is 17.7 Å². The van der Waals surface area contributed by atoms with Gasteiger partial charge in [0.2, 0.25) is 0 Å². The lowest BCUT2D eigenvalue weighted by atomic mass is 10.3. The second kappa shape index (κ2) is 13.0. The molecule has 0 saturated carbocycles. The lowest BCUT2D eigenvalue weighted by Gasteiger charge is -2.34. The van der Waals surface area contributed by atoms with Crippen LogP contribution in [0.4, 0.5) is 0 Å². The van der Waals surface area contributed by atoms with E-state index < -0.39 is 0 Å². The Morgan fingerprint density at radius 1 is 1.05 bits per heavy atom. The molecule has 1 aliphatic heterocycles. The third kappa shape index (κ3) is 8.86. The van der Waals surface area contributed by atoms with E-state index in [4.69, 9.17) is 0 Å². The number of unbranched alkanes of at least 4 members (excludes halogenated alkanes) is 1. The van der Waals surface area contributed by atoms with Crippen LogP contribution in [0, 0.1) is 0 Å². The van der Waals surface area contributed by atoms with Crippen molar-refractivity contribution in [2.24, 2.45) is 4.99 Å². The van der Waals surface area contributed by atoms with E-state index in [-0.39, 0.29) is 0 Å². The van der Waals surface area contributed by atoms with E-state index in [1.165, 1.54) is 51.3 Å². The second-order valence-corrected chi connectivity index (χ2v) is 6.65. The maximum absolute atomic E-state index is 4.65. The first-order valence-electron chi connectivity index (χ1n) is 8.76. The third-order valence-corrected chi connectivity index (χ3v) is 4.70. The molecule has 0 aliphatic carbocycles. The fourth-order valence-corrected chi connectivity index (χ4v) is 3.05. The number of likely N-dealkylation sites (N-methyl/N-ethyl adjacent to an activating group) is 1. The number of thioether (sulfide) groups is 1. The van der Waals surface area contributed by atoms with Crippen molar-refractivity contribution in [1.82, 2.24) is 20.4 Å². The maximum Gasteiger partial charge on any atom is 0.191 e. The van der Waals surface area contributed by atoms with Crippen LogP contribution in [0.5, 0.6) is 0 Å². The molecule has 1 fully saturated rings. The van der Waals surface area contributed by atoms with Crippen LogP contribution in [0.3, 0.4) is 0 Å². The van der Waals surface area contributed by atoms with Crippen molar-refractivity contribution in [3.63, 3.8) is 0 Å². The zero-order valence-electron chi connectivity index (χ0n) is 14.7. The van der Waals surface area contributed by atoms with Gasteiger partial charge in [-0.2, -0.15) is 11.8 Å². The van der Waals surface area contributed by atoms with Gasteiger partial charge in [0.15, 0.2) is 5.96 Å². The van der Waals surface area contributed by atoms with E-state index in [0.29, 0.717) is 0 Å². The zero-order chi connectivity index (χ0) is 16.0. The highest BCUT2D eigenvalue weighted by Gasteiger charge is 2.14. The zero-order valence-corrected chi connectivity index (χ0v) is 15.6. The number of nitrogens with one attached hydrogen (secondary N) is 2. The van der Waals surface area contributed by atoms with Crippen molar-refractivity contribution in [3.8, 4) is 0 Å². The highest BCUT2D eigenvalue weighted by Crippen LogP contribution is 2.00. The molecule has 1 aliphatic rings. The molecule has 5 nitrogen and oxygen atoms in total. The second-order valence-electron chi connectivity index (χ2n) is 5.66. The molecule has 0 radical (unpaired) electrons. The van der Waals surface area contributed by atoms with Crippen LogP contribution in [0.2, 0.25) is 0 Å². The molecule has 0 spiro atoms. The average molecular weight is 330 g/mol. The first-order valence-corrected chi connectivity index (χ1v) is 10.1. The molecule has 0 atom stereocenters. The molecule has 0 aromatic heterocycles. The third-order valence-electron chi connectivity index (χ3n) is 4.00. The van der Waals surface area contributed by atoms with E-state index in [1.54, 1.807) is 0 Å². The SMILES string of the molecule is CCNC(=NCCCCSC)NCCN1CCN(CC)CC1. The highest BCUT2D eigenvalue weighted by molar-refractivity contribution is 7.98. The van der Waals surface area contributed by atoms with Gasteiger partial charge in [-0.1, -0.05) is 6.92 Å². The van der Waals surface area contributed by atoms with Gasteiger partial charge < -0.3 is 15.5 Å². The summed E-state index contributed by atoms with van der Waals surface area (Å²) in [5.74, 6) is 2.21. The average Bonchev–Trinajstić information content (AvgIpc) is 2.55. The fraction of sp³-hybridized carbons (Fsp3) is 0.938. The summed E-state index contributed by atoms with van der Waals surface area (Å²) in [5.41, 5.74) is 0. The number of hydrogen-bond donors (Lipinski definition) is 2. The van der Waals surface area contributed by atoms with Crippen LogP contribution in [0.1, 0.15) is 26.7 Å². The van der Waals surface area contributed by atoms with Gasteiger partial charge in [0, 0.05) is 52.4 Å². The standard InChI is InChI=1S/C16H35N5S/c1-4-17-16(18-8-6-7-15-22-3)19-9-10-21-13-11-20(5-2)12-14-21/h4-15H2,1-3H3,(H2,17,18,19). The summed E-state index contributed by atoms with van der Waals surface area (Å²) in [6.45, 7) is 14.3. The largest absolute Gasteiger partial charge is 0.357 e. The van der Waals surface area contributed by atoms with Crippen LogP contribution in [0.15, 0.2) is 4.99 Å². The van der Waals surface area contributed by atoms with Gasteiger partial charge in [0.1, 0.15) is 0 Å². The van der Waals surface area contributed by atoms with E-state index in [9.17, 15) is 0 Å². The van der Waals surface area contributed by atoms with Gasteiger partial charge in [-0.05, 0) is 38.3 Å². The molecule has 0 aromatic rings. The predicted octanol–water partition coefficient (Wildman–Crippen LogP) is 1.32. The van der Waals surface area contributed by atoms with Crippen LogP contribution in [-0.2, 0) is 0 Å². The highest BCUT2D eigenvalue weighted by atomic mass is 32.2. The Morgan fingerprint density at radius 2 is 1.77 bits per heavy atom. The monoisotopic (exact) mass is 329 g/mol. The topological polar surface area (TPSA) is 42.9 Å². The molecule has 0 amide bonds. The minimum Gasteiger partial charge on any atom is -0.357 e. The molecule has 1 heterocycles. The first-order chi connectivity index (χ1) is 10.8. The maximum atomic E-state index is 4.65. The van der Waals surface area contributed by atoms with Gasteiger partial charge in [0.25, 0.3) is 0 Å². The van der Waals surface area contributed by atoms with Crippen molar-refractivity contribution in [3.05, 3.63) is 0 Å². The summed E-state index contributed by atoms with van der Waals surface area (Å²) in [5, 5.41) is 6.80. The van der Waals surface area contributed by atoms with E-state index in [2.05, 4.69) is 45.5 Å². The van der Waals surface area contributed by atoms with Gasteiger partial charge >= 0.3 is 0 Å². The molecule has 2 N–H and O–H groups in total. The lowest BCUT2D eigenvalue weighted by Crippen LogP contribution is -2.49. The summed E-state index contributed by atoms with van der Waals surface area (Å²) in [7, 11) is 0. The Balaban J connectivity index is 2.16. The molecular formula is C16H35N5S. The first kappa shape index (κ1) is 19.6. The van der Waals surface area contributed by atoms with Crippen LogP contribution in [0.25, 0.3) is 0 Å². The van der Waals surface area contributed by atoms with Crippen LogP contribution < -0.4 is 10.6 Å². The molecule has 1 rings (SSSR count). The molecule has 6 heteroatoms. The summed E-state index contributed by atoms with van der Waals surface area (Å²) in [6, 6.07) is 0.